The Kier molecular flexibility index (Phi) is 5.96. The fourth-order valence-corrected chi connectivity index (χ4v) is 2.28. The second-order valence-corrected chi connectivity index (χ2v) is 6.04. The van der Waals surface area contributed by atoms with Crippen LogP contribution in [-0.4, -0.2) is 24.7 Å². The first kappa shape index (κ1) is 14.5. The molecule has 0 aliphatic heterocycles. The van der Waals surface area contributed by atoms with Crippen LogP contribution in [0.15, 0.2) is 0 Å². The van der Waals surface area contributed by atoms with Crippen LogP contribution >= 0.6 is 0 Å². The van der Waals surface area contributed by atoms with Gasteiger partial charge in [0.15, 0.2) is 0 Å². The normalized spacial score (nSPS) is 18.1. The zero-order valence-electron chi connectivity index (χ0n) is 11.6. The SMILES string of the molecule is CC(C)(C)OC(=O)CCNCC1CCCCC1. The van der Waals surface area contributed by atoms with E-state index in [1.54, 1.807) is 0 Å². The smallest absolute Gasteiger partial charge is 0.307 e. The van der Waals surface area contributed by atoms with Crippen LogP contribution in [0.5, 0.6) is 0 Å². The summed E-state index contributed by atoms with van der Waals surface area (Å²) in [5.41, 5.74) is -0.361. The lowest BCUT2D eigenvalue weighted by molar-refractivity contribution is -0.154. The molecule has 1 saturated carbocycles. The molecule has 0 aromatic carbocycles. The van der Waals surface area contributed by atoms with E-state index in [1.807, 2.05) is 20.8 Å². The fourth-order valence-electron chi connectivity index (χ4n) is 2.28. The Hall–Kier alpha value is -0.570. The number of carbonyl (C=O) groups is 1. The minimum atomic E-state index is -0.361. The van der Waals surface area contributed by atoms with E-state index in [0.29, 0.717) is 6.42 Å². The average Bonchev–Trinajstić information content (AvgIpc) is 2.23. The van der Waals surface area contributed by atoms with Gasteiger partial charge in [0.2, 0.25) is 0 Å². The molecular weight excluding hydrogens is 214 g/mol. The summed E-state index contributed by atoms with van der Waals surface area (Å²) in [5.74, 6) is 0.719. The Labute approximate surface area is 105 Å². The molecule has 1 rings (SSSR count). The standard InChI is InChI=1S/C14H27NO2/c1-14(2,3)17-13(16)9-10-15-11-12-7-5-4-6-8-12/h12,15H,4-11H2,1-3H3. The number of ether oxygens (including phenoxy) is 1. The van der Waals surface area contributed by atoms with Gasteiger partial charge in [-0.25, -0.2) is 0 Å². The Morgan fingerprint density at radius 2 is 1.88 bits per heavy atom. The molecule has 0 amide bonds. The van der Waals surface area contributed by atoms with Crippen molar-refractivity contribution >= 4 is 5.97 Å². The summed E-state index contributed by atoms with van der Waals surface area (Å²) in [6.45, 7) is 7.51. The molecule has 0 heterocycles. The molecule has 0 aromatic rings. The van der Waals surface area contributed by atoms with Crippen LogP contribution in [0.2, 0.25) is 0 Å². The third-order valence-corrected chi connectivity index (χ3v) is 3.08. The molecule has 3 heteroatoms. The molecule has 0 saturated heterocycles. The molecule has 0 radical (unpaired) electrons. The molecular formula is C14H27NO2. The molecule has 0 spiro atoms. The molecule has 0 unspecified atom stereocenters. The van der Waals surface area contributed by atoms with Gasteiger partial charge in [0.1, 0.15) is 5.60 Å². The van der Waals surface area contributed by atoms with Crippen LogP contribution < -0.4 is 5.32 Å². The predicted octanol–water partition coefficient (Wildman–Crippen LogP) is 2.89. The monoisotopic (exact) mass is 241 g/mol. The molecule has 0 atom stereocenters. The van der Waals surface area contributed by atoms with Crippen molar-refractivity contribution in [1.29, 1.82) is 0 Å². The number of hydrogen-bond acceptors (Lipinski definition) is 3. The van der Waals surface area contributed by atoms with E-state index in [1.165, 1.54) is 32.1 Å². The van der Waals surface area contributed by atoms with Crippen LogP contribution in [0.3, 0.4) is 0 Å². The van der Waals surface area contributed by atoms with E-state index < -0.39 is 0 Å². The molecule has 100 valence electrons. The van der Waals surface area contributed by atoms with Gasteiger partial charge in [-0.15, -0.1) is 0 Å². The number of esters is 1. The third kappa shape index (κ3) is 7.37. The van der Waals surface area contributed by atoms with Gasteiger partial charge in [-0.05, 0) is 46.1 Å². The van der Waals surface area contributed by atoms with Crippen LogP contribution in [0.1, 0.15) is 59.3 Å². The minimum Gasteiger partial charge on any atom is -0.460 e. The quantitative estimate of drug-likeness (QED) is 0.594. The molecule has 1 aliphatic carbocycles. The second kappa shape index (κ2) is 7.00. The summed E-state index contributed by atoms with van der Waals surface area (Å²) in [6, 6.07) is 0. The molecule has 1 aliphatic rings. The Morgan fingerprint density at radius 1 is 1.24 bits per heavy atom. The Morgan fingerprint density at radius 3 is 2.47 bits per heavy atom. The lowest BCUT2D eigenvalue weighted by atomic mass is 9.89. The summed E-state index contributed by atoms with van der Waals surface area (Å²) < 4.78 is 5.25. The van der Waals surface area contributed by atoms with Crippen molar-refractivity contribution in [3.05, 3.63) is 0 Å². The molecule has 17 heavy (non-hydrogen) atoms. The van der Waals surface area contributed by atoms with E-state index in [9.17, 15) is 4.79 Å². The van der Waals surface area contributed by atoms with Gasteiger partial charge >= 0.3 is 5.97 Å². The van der Waals surface area contributed by atoms with Crippen LogP contribution in [0, 0.1) is 5.92 Å². The maximum Gasteiger partial charge on any atom is 0.307 e. The largest absolute Gasteiger partial charge is 0.460 e. The predicted molar refractivity (Wildman–Crippen MR) is 69.9 cm³/mol. The van der Waals surface area contributed by atoms with Gasteiger partial charge in [-0.1, -0.05) is 19.3 Å². The van der Waals surface area contributed by atoms with Gasteiger partial charge in [-0.2, -0.15) is 0 Å². The number of nitrogens with one attached hydrogen (secondary N) is 1. The summed E-state index contributed by atoms with van der Waals surface area (Å²) in [4.78, 5) is 11.4. The molecule has 1 fully saturated rings. The summed E-state index contributed by atoms with van der Waals surface area (Å²) in [7, 11) is 0. The van der Waals surface area contributed by atoms with E-state index in [4.69, 9.17) is 4.74 Å². The number of hydrogen-bond donors (Lipinski definition) is 1. The van der Waals surface area contributed by atoms with Gasteiger partial charge in [0, 0.05) is 6.54 Å². The highest BCUT2D eigenvalue weighted by atomic mass is 16.6. The van der Waals surface area contributed by atoms with Gasteiger partial charge in [0.25, 0.3) is 0 Å². The average molecular weight is 241 g/mol. The van der Waals surface area contributed by atoms with Crippen molar-refractivity contribution in [2.75, 3.05) is 13.1 Å². The van der Waals surface area contributed by atoms with Crippen molar-refractivity contribution in [2.45, 2.75) is 64.9 Å². The lowest BCUT2D eigenvalue weighted by Crippen LogP contribution is -2.29. The van der Waals surface area contributed by atoms with E-state index in [0.717, 1.165) is 19.0 Å². The van der Waals surface area contributed by atoms with Crippen molar-refractivity contribution < 1.29 is 9.53 Å². The Bertz CT molecular complexity index is 227. The van der Waals surface area contributed by atoms with E-state index in [-0.39, 0.29) is 11.6 Å². The van der Waals surface area contributed by atoms with Crippen LogP contribution in [0.25, 0.3) is 0 Å². The van der Waals surface area contributed by atoms with Crippen molar-refractivity contribution in [1.82, 2.24) is 5.32 Å². The molecule has 1 N–H and O–H groups in total. The summed E-state index contributed by atoms with van der Waals surface area (Å²) >= 11 is 0. The maximum absolute atomic E-state index is 11.4. The maximum atomic E-state index is 11.4. The molecule has 3 nitrogen and oxygen atoms in total. The van der Waals surface area contributed by atoms with Gasteiger partial charge < -0.3 is 10.1 Å². The highest BCUT2D eigenvalue weighted by Crippen LogP contribution is 2.22. The third-order valence-electron chi connectivity index (χ3n) is 3.08. The number of carbonyl (C=O) groups excluding carboxylic acids is 1. The first-order valence-corrected chi connectivity index (χ1v) is 6.90. The summed E-state index contributed by atoms with van der Waals surface area (Å²) in [5, 5.41) is 3.37. The first-order chi connectivity index (χ1) is 7.97. The molecule has 0 aromatic heterocycles. The zero-order valence-corrected chi connectivity index (χ0v) is 11.6. The summed E-state index contributed by atoms with van der Waals surface area (Å²) in [6.07, 6.45) is 7.31. The first-order valence-electron chi connectivity index (χ1n) is 6.90. The molecule has 0 bridgehead atoms. The van der Waals surface area contributed by atoms with Crippen LogP contribution in [0.4, 0.5) is 0 Å². The zero-order chi connectivity index (χ0) is 12.7. The lowest BCUT2D eigenvalue weighted by Gasteiger charge is -2.22. The van der Waals surface area contributed by atoms with Crippen molar-refractivity contribution in [3.8, 4) is 0 Å². The second-order valence-electron chi connectivity index (χ2n) is 6.04. The van der Waals surface area contributed by atoms with Crippen LogP contribution in [-0.2, 0) is 9.53 Å². The van der Waals surface area contributed by atoms with Gasteiger partial charge in [0.05, 0.1) is 6.42 Å². The highest BCUT2D eigenvalue weighted by Gasteiger charge is 2.16. The van der Waals surface area contributed by atoms with E-state index >= 15 is 0 Å². The Balaban J connectivity index is 2.01. The highest BCUT2D eigenvalue weighted by molar-refractivity contribution is 5.70. The minimum absolute atomic E-state index is 0.103. The van der Waals surface area contributed by atoms with Crippen molar-refractivity contribution in [2.24, 2.45) is 5.92 Å². The fraction of sp³-hybridized carbons (Fsp3) is 0.929. The van der Waals surface area contributed by atoms with E-state index in [2.05, 4.69) is 5.32 Å². The van der Waals surface area contributed by atoms with Crippen molar-refractivity contribution in [3.63, 3.8) is 0 Å². The number of rotatable bonds is 5. The van der Waals surface area contributed by atoms with Gasteiger partial charge in [-0.3, -0.25) is 4.79 Å². The topological polar surface area (TPSA) is 38.3 Å².